The molecule has 0 aromatic carbocycles. The highest BCUT2D eigenvalue weighted by molar-refractivity contribution is 6.30. The van der Waals surface area contributed by atoms with Crippen LogP contribution in [0.3, 0.4) is 0 Å². The minimum atomic E-state index is 0.573. The van der Waals surface area contributed by atoms with Crippen molar-refractivity contribution in [1.82, 2.24) is 9.97 Å². The summed E-state index contributed by atoms with van der Waals surface area (Å²) in [5, 5.41) is 3.93. The van der Waals surface area contributed by atoms with Crippen LogP contribution in [0.1, 0.15) is 39.2 Å². The molecule has 0 saturated carbocycles. The fourth-order valence-electron chi connectivity index (χ4n) is 1.43. The van der Waals surface area contributed by atoms with Crippen molar-refractivity contribution in [1.29, 1.82) is 0 Å². The number of nitrogens with zero attached hydrogens (tertiary/aromatic N) is 2. The quantitative estimate of drug-likeness (QED) is 0.775. The molecule has 0 radical (unpaired) electrons. The molecule has 0 amide bonds. The Hall–Kier alpha value is -0.830. The van der Waals surface area contributed by atoms with E-state index in [1.165, 1.54) is 6.33 Å². The predicted octanol–water partition coefficient (Wildman–Crippen LogP) is 3.54. The molecule has 4 heteroatoms. The summed E-state index contributed by atoms with van der Waals surface area (Å²) in [5.74, 6) is 1.53. The highest BCUT2D eigenvalue weighted by Gasteiger charge is 2.09. The van der Waals surface area contributed by atoms with Crippen molar-refractivity contribution in [2.24, 2.45) is 5.92 Å². The lowest BCUT2D eigenvalue weighted by molar-refractivity contribution is 0.592. The van der Waals surface area contributed by atoms with Gasteiger partial charge in [0.25, 0.3) is 0 Å². The monoisotopic (exact) mass is 241 g/mol. The maximum atomic E-state index is 6.07. The molecule has 1 unspecified atom stereocenters. The summed E-state index contributed by atoms with van der Waals surface area (Å²) in [5.41, 5.74) is 1.04. The Morgan fingerprint density at radius 2 is 2.12 bits per heavy atom. The van der Waals surface area contributed by atoms with Gasteiger partial charge in [0.2, 0.25) is 0 Å². The van der Waals surface area contributed by atoms with E-state index in [0.717, 1.165) is 37.2 Å². The SMILES string of the molecule is CCCc1c(Cl)ncnc1NCC(C)CC. The number of hydrogen-bond donors (Lipinski definition) is 1. The van der Waals surface area contributed by atoms with E-state index in [4.69, 9.17) is 11.6 Å². The molecule has 0 bridgehead atoms. The molecule has 1 atom stereocenters. The Morgan fingerprint density at radius 1 is 1.38 bits per heavy atom. The number of nitrogens with one attached hydrogen (secondary N) is 1. The molecule has 3 nitrogen and oxygen atoms in total. The van der Waals surface area contributed by atoms with Crippen molar-refractivity contribution in [2.45, 2.75) is 40.0 Å². The predicted molar refractivity (Wildman–Crippen MR) is 69.0 cm³/mol. The van der Waals surface area contributed by atoms with Gasteiger partial charge < -0.3 is 5.32 Å². The third-order valence-electron chi connectivity index (χ3n) is 2.71. The highest BCUT2D eigenvalue weighted by Crippen LogP contribution is 2.21. The highest BCUT2D eigenvalue weighted by atomic mass is 35.5. The van der Waals surface area contributed by atoms with Gasteiger partial charge in [-0.05, 0) is 12.3 Å². The number of hydrogen-bond acceptors (Lipinski definition) is 3. The fourth-order valence-corrected chi connectivity index (χ4v) is 1.66. The Balaban J connectivity index is 2.74. The third kappa shape index (κ3) is 3.63. The summed E-state index contributed by atoms with van der Waals surface area (Å²) in [6.07, 6.45) is 4.64. The number of halogens is 1. The van der Waals surface area contributed by atoms with Crippen molar-refractivity contribution < 1.29 is 0 Å². The van der Waals surface area contributed by atoms with Crippen LogP contribution in [0.4, 0.5) is 5.82 Å². The molecular weight excluding hydrogens is 222 g/mol. The molecular formula is C12H20ClN3. The lowest BCUT2D eigenvalue weighted by Gasteiger charge is -2.14. The lowest BCUT2D eigenvalue weighted by Crippen LogP contribution is -2.13. The summed E-state index contributed by atoms with van der Waals surface area (Å²) in [7, 11) is 0. The molecule has 0 saturated heterocycles. The first kappa shape index (κ1) is 13.2. The normalized spacial score (nSPS) is 12.5. The molecule has 0 spiro atoms. The number of anilines is 1. The van der Waals surface area contributed by atoms with Gasteiger partial charge in [-0.1, -0.05) is 45.2 Å². The van der Waals surface area contributed by atoms with Gasteiger partial charge in [0, 0.05) is 12.1 Å². The van der Waals surface area contributed by atoms with Crippen LogP contribution in [0, 0.1) is 5.92 Å². The zero-order valence-electron chi connectivity index (χ0n) is 10.3. The summed E-state index contributed by atoms with van der Waals surface area (Å²) in [6, 6.07) is 0. The van der Waals surface area contributed by atoms with Crippen LogP contribution in [0.15, 0.2) is 6.33 Å². The van der Waals surface area contributed by atoms with Gasteiger partial charge in [-0.15, -0.1) is 0 Å². The maximum absolute atomic E-state index is 6.07. The Kier molecular flexibility index (Phi) is 5.53. The zero-order valence-corrected chi connectivity index (χ0v) is 11.0. The maximum Gasteiger partial charge on any atom is 0.137 e. The summed E-state index contributed by atoms with van der Waals surface area (Å²) < 4.78 is 0. The smallest absolute Gasteiger partial charge is 0.137 e. The van der Waals surface area contributed by atoms with Crippen LogP contribution in [0.25, 0.3) is 0 Å². The van der Waals surface area contributed by atoms with Crippen molar-refractivity contribution in [3.8, 4) is 0 Å². The number of aromatic nitrogens is 2. The first-order chi connectivity index (χ1) is 7.69. The van der Waals surface area contributed by atoms with Gasteiger partial charge in [-0.25, -0.2) is 9.97 Å². The van der Waals surface area contributed by atoms with E-state index in [0.29, 0.717) is 11.1 Å². The Bertz CT molecular complexity index is 328. The van der Waals surface area contributed by atoms with Gasteiger partial charge in [-0.2, -0.15) is 0 Å². The van der Waals surface area contributed by atoms with Crippen LogP contribution < -0.4 is 5.32 Å². The van der Waals surface area contributed by atoms with Gasteiger partial charge in [0.05, 0.1) is 0 Å². The van der Waals surface area contributed by atoms with E-state index < -0.39 is 0 Å². The molecule has 16 heavy (non-hydrogen) atoms. The van der Waals surface area contributed by atoms with Crippen molar-refractivity contribution in [3.63, 3.8) is 0 Å². The molecule has 0 aliphatic rings. The van der Waals surface area contributed by atoms with E-state index in [-0.39, 0.29) is 0 Å². The van der Waals surface area contributed by atoms with Crippen molar-refractivity contribution in [3.05, 3.63) is 17.0 Å². The van der Waals surface area contributed by atoms with Gasteiger partial charge in [0.1, 0.15) is 17.3 Å². The first-order valence-electron chi connectivity index (χ1n) is 5.92. The van der Waals surface area contributed by atoms with E-state index in [9.17, 15) is 0 Å². The van der Waals surface area contributed by atoms with E-state index >= 15 is 0 Å². The summed E-state index contributed by atoms with van der Waals surface area (Å²) >= 11 is 6.07. The van der Waals surface area contributed by atoms with Crippen LogP contribution in [0.5, 0.6) is 0 Å². The van der Waals surface area contributed by atoms with Crippen LogP contribution in [-0.2, 0) is 6.42 Å². The minimum Gasteiger partial charge on any atom is -0.369 e. The molecule has 0 aliphatic heterocycles. The molecule has 0 aliphatic carbocycles. The van der Waals surface area contributed by atoms with Gasteiger partial charge in [0.15, 0.2) is 0 Å². The van der Waals surface area contributed by atoms with E-state index in [2.05, 4.69) is 36.1 Å². The fraction of sp³-hybridized carbons (Fsp3) is 0.667. The number of rotatable bonds is 6. The minimum absolute atomic E-state index is 0.573. The topological polar surface area (TPSA) is 37.8 Å². The lowest BCUT2D eigenvalue weighted by atomic mass is 10.1. The molecule has 1 heterocycles. The largest absolute Gasteiger partial charge is 0.369 e. The second-order valence-electron chi connectivity index (χ2n) is 4.14. The van der Waals surface area contributed by atoms with Crippen molar-refractivity contribution in [2.75, 3.05) is 11.9 Å². The van der Waals surface area contributed by atoms with Crippen LogP contribution in [-0.4, -0.2) is 16.5 Å². The van der Waals surface area contributed by atoms with E-state index in [1.54, 1.807) is 0 Å². The van der Waals surface area contributed by atoms with Gasteiger partial charge >= 0.3 is 0 Å². The first-order valence-corrected chi connectivity index (χ1v) is 6.30. The van der Waals surface area contributed by atoms with Crippen LogP contribution in [0.2, 0.25) is 5.15 Å². The second kappa shape index (κ2) is 6.69. The molecule has 1 aromatic rings. The summed E-state index contributed by atoms with van der Waals surface area (Å²) in [4.78, 5) is 8.28. The molecule has 1 N–H and O–H groups in total. The molecule has 1 rings (SSSR count). The Labute approximate surface area is 103 Å². The van der Waals surface area contributed by atoms with Gasteiger partial charge in [-0.3, -0.25) is 0 Å². The molecule has 0 fully saturated rings. The second-order valence-corrected chi connectivity index (χ2v) is 4.49. The summed E-state index contributed by atoms with van der Waals surface area (Å²) in [6.45, 7) is 7.46. The molecule has 90 valence electrons. The standard InChI is InChI=1S/C12H20ClN3/c1-4-6-10-11(13)15-8-16-12(10)14-7-9(3)5-2/h8-9H,4-7H2,1-3H3,(H,14,15,16). The molecule has 1 aromatic heterocycles. The van der Waals surface area contributed by atoms with E-state index in [1.807, 2.05) is 0 Å². The third-order valence-corrected chi connectivity index (χ3v) is 3.03. The average molecular weight is 242 g/mol. The van der Waals surface area contributed by atoms with Crippen LogP contribution >= 0.6 is 11.6 Å². The van der Waals surface area contributed by atoms with Crippen molar-refractivity contribution >= 4 is 17.4 Å². The Morgan fingerprint density at radius 3 is 2.75 bits per heavy atom. The average Bonchev–Trinajstić information content (AvgIpc) is 2.29. The zero-order chi connectivity index (χ0) is 12.0.